The van der Waals surface area contributed by atoms with Gasteiger partial charge in [0.05, 0.1) is 6.54 Å². The van der Waals surface area contributed by atoms with Gasteiger partial charge in [0.25, 0.3) is 0 Å². The lowest BCUT2D eigenvalue weighted by molar-refractivity contribution is 0.177. The molecule has 0 aliphatic carbocycles. The first kappa shape index (κ1) is 17.4. The molecule has 7 nitrogen and oxygen atoms in total. The van der Waals surface area contributed by atoms with Crippen LogP contribution in [0.2, 0.25) is 5.02 Å². The number of ether oxygens (including phenoxy) is 1. The lowest BCUT2D eigenvalue weighted by atomic mass is 10.1. The van der Waals surface area contributed by atoms with Crippen molar-refractivity contribution in [1.82, 2.24) is 25.0 Å². The second-order valence-corrected chi connectivity index (χ2v) is 7.74. The number of rotatable bonds is 6. The molecule has 1 aliphatic heterocycles. The van der Waals surface area contributed by atoms with Crippen molar-refractivity contribution in [2.24, 2.45) is 0 Å². The van der Waals surface area contributed by atoms with Crippen LogP contribution >= 0.6 is 22.9 Å². The third-order valence-electron chi connectivity index (χ3n) is 4.24. The molecule has 0 spiro atoms. The SMILES string of the molecule is COCc1nc2n(n1)CC(Nc1nnc(Cc3ccc(Cl)cc3)s1)CC2. The minimum absolute atomic E-state index is 0.274. The van der Waals surface area contributed by atoms with Crippen LogP contribution in [0.3, 0.4) is 0 Å². The van der Waals surface area contributed by atoms with Crippen molar-refractivity contribution in [1.29, 1.82) is 0 Å². The van der Waals surface area contributed by atoms with Crippen molar-refractivity contribution in [2.75, 3.05) is 12.4 Å². The van der Waals surface area contributed by atoms with Gasteiger partial charge in [-0.1, -0.05) is 35.1 Å². The van der Waals surface area contributed by atoms with E-state index in [0.29, 0.717) is 6.61 Å². The highest BCUT2D eigenvalue weighted by atomic mass is 35.5. The van der Waals surface area contributed by atoms with E-state index < -0.39 is 0 Å². The number of halogens is 1. The van der Waals surface area contributed by atoms with Crippen LogP contribution in [0.15, 0.2) is 24.3 Å². The summed E-state index contributed by atoms with van der Waals surface area (Å²) in [5.74, 6) is 1.76. The molecule has 0 saturated carbocycles. The number of benzene rings is 1. The van der Waals surface area contributed by atoms with Gasteiger partial charge in [-0.25, -0.2) is 9.67 Å². The molecule has 1 N–H and O–H groups in total. The average Bonchev–Trinajstić information content (AvgIpc) is 3.23. The fourth-order valence-corrected chi connectivity index (χ4v) is 3.98. The zero-order valence-corrected chi connectivity index (χ0v) is 15.9. The maximum atomic E-state index is 5.93. The Balaban J connectivity index is 1.37. The maximum Gasteiger partial charge on any atom is 0.205 e. The number of fused-ring (bicyclic) bond motifs is 1. The molecular formula is C17H19ClN6OS. The Morgan fingerprint density at radius 2 is 2.15 bits per heavy atom. The van der Waals surface area contributed by atoms with Crippen molar-refractivity contribution < 1.29 is 4.74 Å². The number of methoxy groups -OCH3 is 1. The molecule has 1 aliphatic rings. The Morgan fingerprint density at radius 1 is 1.31 bits per heavy atom. The van der Waals surface area contributed by atoms with E-state index in [0.717, 1.165) is 52.6 Å². The first-order valence-electron chi connectivity index (χ1n) is 8.44. The van der Waals surface area contributed by atoms with E-state index in [2.05, 4.69) is 25.6 Å². The Kier molecular flexibility index (Phi) is 5.14. The molecule has 136 valence electrons. The number of anilines is 1. The van der Waals surface area contributed by atoms with E-state index in [1.807, 2.05) is 28.9 Å². The van der Waals surface area contributed by atoms with Crippen LogP contribution < -0.4 is 5.32 Å². The lowest BCUT2D eigenvalue weighted by Gasteiger charge is -2.22. The van der Waals surface area contributed by atoms with Gasteiger partial charge in [-0.3, -0.25) is 0 Å². The number of aromatic nitrogens is 5. The molecule has 0 saturated heterocycles. The molecule has 0 amide bonds. The highest BCUT2D eigenvalue weighted by Gasteiger charge is 2.22. The summed E-state index contributed by atoms with van der Waals surface area (Å²) in [5.41, 5.74) is 1.17. The zero-order valence-electron chi connectivity index (χ0n) is 14.4. The summed E-state index contributed by atoms with van der Waals surface area (Å²) < 4.78 is 7.07. The van der Waals surface area contributed by atoms with E-state index in [4.69, 9.17) is 16.3 Å². The third-order valence-corrected chi connectivity index (χ3v) is 5.34. The highest BCUT2D eigenvalue weighted by Crippen LogP contribution is 2.23. The van der Waals surface area contributed by atoms with E-state index >= 15 is 0 Å². The second-order valence-electron chi connectivity index (χ2n) is 6.24. The summed E-state index contributed by atoms with van der Waals surface area (Å²) in [5, 5.41) is 19.1. The molecule has 2 aromatic heterocycles. The van der Waals surface area contributed by atoms with Gasteiger partial charge < -0.3 is 10.1 Å². The number of nitrogens with zero attached hydrogens (tertiary/aromatic N) is 5. The van der Waals surface area contributed by atoms with Crippen LogP contribution in [0, 0.1) is 0 Å². The van der Waals surface area contributed by atoms with E-state index in [1.54, 1.807) is 18.4 Å². The van der Waals surface area contributed by atoms with E-state index in [1.165, 1.54) is 5.56 Å². The Bertz CT molecular complexity index is 878. The summed E-state index contributed by atoms with van der Waals surface area (Å²) in [6.45, 7) is 1.22. The van der Waals surface area contributed by atoms with Gasteiger partial charge in [0.15, 0.2) is 5.82 Å². The quantitative estimate of drug-likeness (QED) is 0.697. The predicted molar refractivity (Wildman–Crippen MR) is 101 cm³/mol. The standard InChI is InChI=1S/C17H19ClN6OS/c1-25-10-14-20-15-7-6-13(9-24(15)23-14)19-17-22-21-16(26-17)8-11-2-4-12(18)5-3-11/h2-5,13H,6-10H2,1H3,(H,19,22). The summed E-state index contributed by atoms with van der Waals surface area (Å²) in [7, 11) is 1.65. The fraction of sp³-hybridized carbons (Fsp3) is 0.412. The summed E-state index contributed by atoms with van der Waals surface area (Å²) in [6, 6.07) is 8.10. The molecule has 1 aromatic carbocycles. The lowest BCUT2D eigenvalue weighted by Crippen LogP contribution is -2.31. The second kappa shape index (κ2) is 7.69. The van der Waals surface area contributed by atoms with Crippen LogP contribution in [0.25, 0.3) is 0 Å². The van der Waals surface area contributed by atoms with Gasteiger partial charge >= 0.3 is 0 Å². The molecule has 4 rings (SSSR count). The number of aryl methyl sites for hydroxylation is 1. The number of nitrogens with one attached hydrogen (secondary N) is 1. The van der Waals surface area contributed by atoms with Crippen molar-refractivity contribution in [3.8, 4) is 0 Å². The van der Waals surface area contributed by atoms with E-state index in [9.17, 15) is 0 Å². The molecule has 9 heteroatoms. The van der Waals surface area contributed by atoms with Gasteiger partial charge in [0.2, 0.25) is 5.13 Å². The van der Waals surface area contributed by atoms with Crippen molar-refractivity contribution in [3.63, 3.8) is 0 Å². The zero-order chi connectivity index (χ0) is 17.9. The van der Waals surface area contributed by atoms with Crippen LogP contribution in [0.1, 0.15) is 28.6 Å². The topological polar surface area (TPSA) is 77.8 Å². The highest BCUT2D eigenvalue weighted by molar-refractivity contribution is 7.15. The van der Waals surface area contributed by atoms with Crippen molar-refractivity contribution in [2.45, 2.75) is 38.5 Å². The Morgan fingerprint density at radius 3 is 2.96 bits per heavy atom. The third kappa shape index (κ3) is 4.03. The first-order chi connectivity index (χ1) is 12.7. The normalized spacial score (nSPS) is 16.5. The van der Waals surface area contributed by atoms with Crippen LogP contribution in [0.4, 0.5) is 5.13 Å². The number of hydrogen-bond donors (Lipinski definition) is 1. The maximum absolute atomic E-state index is 5.93. The Hall–Kier alpha value is -2.03. The minimum Gasteiger partial charge on any atom is -0.377 e. The minimum atomic E-state index is 0.274. The molecule has 1 atom stereocenters. The first-order valence-corrected chi connectivity index (χ1v) is 9.64. The molecule has 3 aromatic rings. The molecule has 26 heavy (non-hydrogen) atoms. The van der Waals surface area contributed by atoms with Crippen LogP contribution in [0.5, 0.6) is 0 Å². The summed E-state index contributed by atoms with van der Waals surface area (Å²) in [4.78, 5) is 4.50. The predicted octanol–water partition coefficient (Wildman–Crippen LogP) is 2.95. The largest absolute Gasteiger partial charge is 0.377 e. The Labute approximate surface area is 160 Å². The molecule has 1 unspecified atom stereocenters. The average molecular weight is 391 g/mol. The van der Waals surface area contributed by atoms with Gasteiger partial charge in [-0.05, 0) is 24.1 Å². The number of hydrogen-bond acceptors (Lipinski definition) is 7. The van der Waals surface area contributed by atoms with E-state index in [-0.39, 0.29) is 6.04 Å². The summed E-state index contributed by atoms with van der Waals surface area (Å²) in [6.07, 6.45) is 2.65. The monoisotopic (exact) mass is 390 g/mol. The van der Waals surface area contributed by atoms with Crippen LogP contribution in [-0.2, 0) is 30.7 Å². The fourth-order valence-electron chi connectivity index (χ4n) is 3.00. The molecular weight excluding hydrogens is 372 g/mol. The van der Waals surface area contributed by atoms with Crippen LogP contribution in [-0.4, -0.2) is 38.1 Å². The van der Waals surface area contributed by atoms with Gasteiger partial charge in [0, 0.05) is 31.0 Å². The van der Waals surface area contributed by atoms with Crippen molar-refractivity contribution in [3.05, 3.63) is 51.5 Å². The molecule has 3 heterocycles. The van der Waals surface area contributed by atoms with Gasteiger partial charge in [0.1, 0.15) is 17.4 Å². The van der Waals surface area contributed by atoms with Gasteiger partial charge in [-0.15, -0.1) is 10.2 Å². The molecule has 0 fully saturated rings. The summed E-state index contributed by atoms with van der Waals surface area (Å²) >= 11 is 7.52. The molecule has 0 bridgehead atoms. The van der Waals surface area contributed by atoms with Gasteiger partial charge in [-0.2, -0.15) is 5.10 Å². The van der Waals surface area contributed by atoms with Crippen molar-refractivity contribution >= 4 is 28.1 Å². The smallest absolute Gasteiger partial charge is 0.205 e. The molecule has 0 radical (unpaired) electrons.